The van der Waals surface area contributed by atoms with Crippen molar-refractivity contribution in [1.29, 1.82) is 0 Å². The molecule has 2 N–H and O–H groups in total. The van der Waals surface area contributed by atoms with Crippen molar-refractivity contribution in [3.63, 3.8) is 0 Å². The summed E-state index contributed by atoms with van der Waals surface area (Å²) in [5.74, 6) is 0.783. The molecule has 1 heterocycles. The van der Waals surface area contributed by atoms with E-state index >= 15 is 0 Å². The first-order valence-corrected chi connectivity index (χ1v) is 6.15. The van der Waals surface area contributed by atoms with Gasteiger partial charge in [0.05, 0.1) is 0 Å². The molecule has 2 atom stereocenters. The van der Waals surface area contributed by atoms with Gasteiger partial charge in [-0.1, -0.05) is 19.1 Å². The van der Waals surface area contributed by atoms with Crippen LogP contribution in [-0.4, -0.2) is 17.6 Å². The van der Waals surface area contributed by atoms with Gasteiger partial charge >= 0.3 is 0 Å². The molecule has 0 amide bonds. The van der Waals surface area contributed by atoms with Crippen LogP contribution in [0.3, 0.4) is 0 Å². The Morgan fingerprint density at radius 1 is 1.31 bits per heavy atom. The fourth-order valence-corrected chi connectivity index (χ4v) is 2.61. The van der Waals surface area contributed by atoms with Crippen molar-refractivity contribution in [1.82, 2.24) is 0 Å². The van der Waals surface area contributed by atoms with Crippen LogP contribution >= 0.6 is 12.2 Å². The molecule has 0 saturated carbocycles. The van der Waals surface area contributed by atoms with Crippen molar-refractivity contribution in [2.75, 3.05) is 11.4 Å². The van der Waals surface area contributed by atoms with Crippen LogP contribution in [0.2, 0.25) is 0 Å². The highest BCUT2D eigenvalue weighted by Crippen LogP contribution is 2.28. The molecule has 0 radical (unpaired) electrons. The number of rotatable bonds is 2. The van der Waals surface area contributed by atoms with Crippen LogP contribution in [0.25, 0.3) is 0 Å². The molecule has 0 spiro atoms. The zero-order chi connectivity index (χ0) is 11.7. The molecule has 1 aromatic rings. The first kappa shape index (κ1) is 11.4. The summed E-state index contributed by atoms with van der Waals surface area (Å²) < 4.78 is 0. The predicted molar refractivity (Wildman–Crippen MR) is 72.9 cm³/mol. The molecule has 3 heteroatoms. The topological polar surface area (TPSA) is 29.3 Å². The second-order valence-corrected chi connectivity index (χ2v) is 5.19. The highest BCUT2D eigenvalue weighted by Gasteiger charge is 2.25. The van der Waals surface area contributed by atoms with Crippen LogP contribution in [0.1, 0.15) is 25.8 Å². The highest BCUT2D eigenvalue weighted by atomic mass is 32.1. The summed E-state index contributed by atoms with van der Waals surface area (Å²) in [6, 6.07) is 8.87. The molecule has 1 aliphatic rings. The molecule has 0 aromatic heterocycles. The number of hydrogen-bond donors (Lipinski definition) is 1. The Morgan fingerprint density at radius 2 is 1.94 bits per heavy atom. The van der Waals surface area contributed by atoms with E-state index in [1.807, 2.05) is 12.1 Å². The van der Waals surface area contributed by atoms with Crippen LogP contribution in [0.15, 0.2) is 24.3 Å². The molecule has 2 nitrogen and oxygen atoms in total. The van der Waals surface area contributed by atoms with Crippen molar-refractivity contribution in [3.8, 4) is 0 Å². The van der Waals surface area contributed by atoms with Gasteiger partial charge in [0.2, 0.25) is 0 Å². The van der Waals surface area contributed by atoms with Gasteiger partial charge in [0.25, 0.3) is 0 Å². The average Bonchev–Trinajstić information content (AvgIpc) is 2.58. The third kappa shape index (κ3) is 2.19. The van der Waals surface area contributed by atoms with Crippen LogP contribution in [0.4, 0.5) is 5.69 Å². The Kier molecular flexibility index (Phi) is 3.15. The third-order valence-electron chi connectivity index (χ3n) is 3.27. The van der Waals surface area contributed by atoms with E-state index in [1.165, 1.54) is 12.1 Å². The van der Waals surface area contributed by atoms with Crippen molar-refractivity contribution >= 4 is 22.9 Å². The quantitative estimate of drug-likeness (QED) is 0.797. The van der Waals surface area contributed by atoms with E-state index in [1.54, 1.807) is 0 Å². The summed E-state index contributed by atoms with van der Waals surface area (Å²) in [7, 11) is 0. The lowest BCUT2D eigenvalue weighted by Crippen LogP contribution is -2.26. The van der Waals surface area contributed by atoms with E-state index in [2.05, 4.69) is 30.9 Å². The second-order valence-electron chi connectivity index (χ2n) is 4.75. The lowest BCUT2D eigenvalue weighted by Gasteiger charge is -2.24. The summed E-state index contributed by atoms with van der Waals surface area (Å²) in [6.07, 6.45) is 1.27. The first-order chi connectivity index (χ1) is 7.58. The number of thiocarbonyl (C=S) groups is 1. The van der Waals surface area contributed by atoms with Crippen molar-refractivity contribution in [2.24, 2.45) is 11.7 Å². The van der Waals surface area contributed by atoms with Gasteiger partial charge in [0, 0.05) is 23.8 Å². The monoisotopic (exact) mass is 234 g/mol. The predicted octanol–water partition coefficient (Wildman–Crippen LogP) is 2.56. The summed E-state index contributed by atoms with van der Waals surface area (Å²) in [5.41, 5.74) is 7.80. The molecule has 2 rings (SSSR count). The Morgan fingerprint density at radius 3 is 2.38 bits per heavy atom. The van der Waals surface area contributed by atoms with E-state index in [0.29, 0.717) is 11.0 Å². The van der Waals surface area contributed by atoms with E-state index in [0.717, 1.165) is 18.0 Å². The Balaban J connectivity index is 2.19. The molecular weight excluding hydrogens is 216 g/mol. The average molecular weight is 234 g/mol. The smallest absolute Gasteiger partial charge is 0.103 e. The molecule has 1 saturated heterocycles. The minimum absolute atomic E-state index is 0.467. The van der Waals surface area contributed by atoms with Gasteiger partial charge in [-0.25, -0.2) is 0 Å². The van der Waals surface area contributed by atoms with E-state index in [-0.39, 0.29) is 0 Å². The van der Waals surface area contributed by atoms with Gasteiger partial charge in [0.15, 0.2) is 0 Å². The van der Waals surface area contributed by atoms with E-state index < -0.39 is 0 Å². The molecule has 0 bridgehead atoms. The number of hydrogen-bond acceptors (Lipinski definition) is 2. The first-order valence-electron chi connectivity index (χ1n) is 5.74. The number of nitrogens with zero attached hydrogens (tertiary/aromatic N) is 1. The van der Waals surface area contributed by atoms with Gasteiger partial charge < -0.3 is 10.6 Å². The van der Waals surface area contributed by atoms with Crippen molar-refractivity contribution < 1.29 is 0 Å². The molecule has 1 fully saturated rings. The van der Waals surface area contributed by atoms with Crippen molar-refractivity contribution in [2.45, 2.75) is 26.3 Å². The Labute approximate surface area is 102 Å². The second kappa shape index (κ2) is 4.42. The third-order valence-corrected chi connectivity index (χ3v) is 3.50. The van der Waals surface area contributed by atoms with Crippen molar-refractivity contribution in [3.05, 3.63) is 29.8 Å². The number of anilines is 1. The standard InChI is InChI=1S/C13H18N2S/c1-9-7-10(2)15(8-9)12-5-3-11(4-6-12)13(14)16/h3-6,9-10H,7-8H2,1-2H3,(H2,14,16). The molecule has 86 valence electrons. The summed E-state index contributed by atoms with van der Waals surface area (Å²) in [5, 5.41) is 0. The summed E-state index contributed by atoms with van der Waals surface area (Å²) in [6.45, 7) is 5.73. The van der Waals surface area contributed by atoms with Gasteiger partial charge in [-0.3, -0.25) is 0 Å². The minimum Gasteiger partial charge on any atom is -0.389 e. The molecule has 1 aromatic carbocycles. The van der Waals surface area contributed by atoms with Crippen LogP contribution in [0.5, 0.6) is 0 Å². The Hall–Kier alpha value is -1.09. The molecule has 2 unspecified atom stereocenters. The molecular formula is C13H18N2S. The lowest BCUT2D eigenvalue weighted by atomic mass is 10.1. The van der Waals surface area contributed by atoms with Gasteiger partial charge in [0.1, 0.15) is 4.99 Å². The normalized spacial score (nSPS) is 24.8. The summed E-state index contributed by atoms with van der Waals surface area (Å²) in [4.78, 5) is 2.92. The van der Waals surface area contributed by atoms with Crippen LogP contribution < -0.4 is 10.6 Å². The van der Waals surface area contributed by atoms with Crippen LogP contribution in [0, 0.1) is 5.92 Å². The van der Waals surface area contributed by atoms with Gasteiger partial charge in [-0.05, 0) is 43.5 Å². The zero-order valence-corrected chi connectivity index (χ0v) is 10.6. The maximum absolute atomic E-state index is 5.58. The lowest BCUT2D eigenvalue weighted by molar-refractivity contribution is 0.625. The molecule has 1 aliphatic heterocycles. The maximum Gasteiger partial charge on any atom is 0.103 e. The fraction of sp³-hybridized carbons (Fsp3) is 0.462. The van der Waals surface area contributed by atoms with Gasteiger partial charge in [-0.15, -0.1) is 0 Å². The van der Waals surface area contributed by atoms with Gasteiger partial charge in [-0.2, -0.15) is 0 Å². The maximum atomic E-state index is 5.58. The summed E-state index contributed by atoms with van der Waals surface area (Å²) >= 11 is 4.95. The molecule has 16 heavy (non-hydrogen) atoms. The minimum atomic E-state index is 0.467. The number of nitrogens with two attached hydrogens (primary N) is 1. The SMILES string of the molecule is CC1CC(C)N(c2ccc(C(N)=S)cc2)C1. The van der Waals surface area contributed by atoms with Crippen LogP contribution in [-0.2, 0) is 0 Å². The van der Waals surface area contributed by atoms with E-state index in [4.69, 9.17) is 18.0 Å². The fourth-order valence-electron chi connectivity index (χ4n) is 2.48. The zero-order valence-electron chi connectivity index (χ0n) is 9.81. The van der Waals surface area contributed by atoms with E-state index in [9.17, 15) is 0 Å². The number of benzene rings is 1. The molecule has 0 aliphatic carbocycles. The largest absolute Gasteiger partial charge is 0.389 e. The highest BCUT2D eigenvalue weighted by molar-refractivity contribution is 7.80. The Bertz CT molecular complexity index is 385.